The molecule has 2 nitrogen and oxygen atoms in total. The first-order valence-corrected chi connectivity index (χ1v) is 8.79. The van der Waals surface area contributed by atoms with Crippen LogP contribution in [0, 0.1) is 0 Å². The Morgan fingerprint density at radius 1 is 1.19 bits per heavy atom. The van der Waals surface area contributed by atoms with Gasteiger partial charge in [-0.2, -0.15) is 0 Å². The summed E-state index contributed by atoms with van der Waals surface area (Å²) in [5.74, 6) is 0. The lowest BCUT2D eigenvalue weighted by atomic mass is 9.95. The second-order valence-electron chi connectivity index (χ2n) is 5.39. The van der Waals surface area contributed by atoms with E-state index in [0.29, 0.717) is 0 Å². The lowest BCUT2D eigenvalue weighted by molar-refractivity contribution is 0.270. The second-order valence-corrected chi connectivity index (χ2v) is 7.65. The van der Waals surface area contributed by atoms with Gasteiger partial charge in [-0.05, 0) is 48.7 Å². The van der Waals surface area contributed by atoms with E-state index in [1.54, 1.807) is 23.1 Å². The van der Waals surface area contributed by atoms with Crippen LogP contribution in [0.5, 0.6) is 0 Å². The maximum Gasteiger partial charge on any atom is 0.131 e. The molecule has 1 aromatic carbocycles. The molecule has 2 aromatic rings. The van der Waals surface area contributed by atoms with Crippen molar-refractivity contribution in [3.63, 3.8) is 0 Å². The molecule has 21 heavy (non-hydrogen) atoms. The Balaban J connectivity index is 2.08. The van der Waals surface area contributed by atoms with Crippen molar-refractivity contribution in [2.24, 2.45) is 0 Å². The van der Waals surface area contributed by atoms with Gasteiger partial charge in [0.25, 0.3) is 0 Å². The molecule has 0 aliphatic carbocycles. The van der Waals surface area contributed by atoms with E-state index < -0.39 is 5.44 Å². The number of fused-ring (bicyclic) bond motifs is 2. The zero-order valence-corrected chi connectivity index (χ0v) is 13.9. The molecule has 0 amide bonds. The smallest absolute Gasteiger partial charge is 0.131 e. The molecule has 3 rings (SSSR count). The fourth-order valence-electron chi connectivity index (χ4n) is 2.54. The van der Waals surface area contributed by atoms with Crippen LogP contribution in [-0.2, 0) is 0 Å². The van der Waals surface area contributed by atoms with Crippen molar-refractivity contribution in [3.05, 3.63) is 58.5 Å². The van der Waals surface area contributed by atoms with Gasteiger partial charge in [0.15, 0.2) is 0 Å². The lowest BCUT2D eigenvalue weighted by Gasteiger charge is -2.13. The fraction of sp³-hybridized carbons (Fsp3) is 0.294. The topological polar surface area (TPSA) is 23.5 Å². The minimum absolute atomic E-state index is 0.488. The lowest BCUT2D eigenvalue weighted by Crippen LogP contribution is -2.12. The quantitative estimate of drug-likeness (QED) is 0.916. The van der Waals surface area contributed by atoms with Crippen molar-refractivity contribution in [2.45, 2.75) is 16.1 Å². The van der Waals surface area contributed by atoms with Crippen LogP contribution in [0.4, 0.5) is 0 Å². The Morgan fingerprint density at radius 3 is 2.81 bits per heavy atom. The van der Waals surface area contributed by atoms with Crippen LogP contribution >= 0.6 is 23.1 Å². The molecule has 1 aliphatic heterocycles. The van der Waals surface area contributed by atoms with Gasteiger partial charge >= 0.3 is 0 Å². The van der Waals surface area contributed by atoms with Crippen LogP contribution in [0.2, 0.25) is 0 Å². The zero-order valence-electron chi connectivity index (χ0n) is 12.2. The number of thiophene rings is 1. The number of thioether (sulfide) groups is 1. The van der Waals surface area contributed by atoms with E-state index in [9.17, 15) is 5.11 Å². The van der Waals surface area contributed by atoms with Gasteiger partial charge in [-0.15, -0.1) is 11.3 Å². The summed E-state index contributed by atoms with van der Waals surface area (Å²) in [5, 5.41) is 12.6. The molecule has 110 valence electrons. The van der Waals surface area contributed by atoms with Crippen molar-refractivity contribution in [1.29, 1.82) is 0 Å². The highest BCUT2D eigenvalue weighted by molar-refractivity contribution is 8.01. The van der Waals surface area contributed by atoms with Gasteiger partial charge < -0.3 is 10.0 Å². The summed E-state index contributed by atoms with van der Waals surface area (Å²) in [6.45, 7) is 1.03. The average molecular weight is 317 g/mol. The second kappa shape index (κ2) is 6.36. The normalized spacial score (nSPS) is 19.4. The maximum atomic E-state index is 10.5. The Hall–Kier alpha value is -1.07. The molecule has 0 saturated carbocycles. The maximum absolute atomic E-state index is 10.5. The highest BCUT2D eigenvalue weighted by atomic mass is 32.2. The Bertz CT molecular complexity index is 660. The molecule has 1 atom stereocenters. The van der Waals surface area contributed by atoms with Crippen LogP contribution in [0.1, 0.15) is 28.5 Å². The first kappa shape index (κ1) is 14.9. The Kier molecular flexibility index (Phi) is 4.50. The molecule has 1 N–H and O–H groups in total. The standard InChI is InChI=1S/C17H19NOS2/c1-18(2)10-5-8-13-12-6-3-4-7-14(12)16(19)21-17-15(13)9-11-20-17/h3-4,6-9,11,16,19H,5,10H2,1-2H3/b13-8+. The van der Waals surface area contributed by atoms with E-state index in [1.165, 1.54) is 15.3 Å². The van der Waals surface area contributed by atoms with Crippen molar-refractivity contribution < 1.29 is 5.11 Å². The molecular weight excluding hydrogens is 298 g/mol. The van der Waals surface area contributed by atoms with Crippen molar-refractivity contribution >= 4 is 28.7 Å². The third-order valence-corrected chi connectivity index (χ3v) is 5.78. The molecule has 0 spiro atoms. The third kappa shape index (κ3) is 3.09. The van der Waals surface area contributed by atoms with Crippen LogP contribution in [0.15, 0.2) is 46.0 Å². The molecule has 0 fully saturated rings. The van der Waals surface area contributed by atoms with Crippen molar-refractivity contribution in [3.8, 4) is 0 Å². The van der Waals surface area contributed by atoms with E-state index in [1.807, 2.05) is 18.2 Å². The third-order valence-electron chi connectivity index (χ3n) is 3.58. The van der Waals surface area contributed by atoms with Crippen molar-refractivity contribution in [1.82, 2.24) is 4.90 Å². The van der Waals surface area contributed by atoms with Gasteiger partial charge in [0.1, 0.15) is 5.44 Å². The van der Waals surface area contributed by atoms with Crippen LogP contribution in [0.25, 0.3) is 5.57 Å². The monoisotopic (exact) mass is 317 g/mol. The number of benzene rings is 1. The van der Waals surface area contributed by atoms with Crippen LogP contribution in [-0.4, -0.2) is 30.6 Å². The van der Waals surface area contributed by atoms with E-state index in [0.717, 1.165) is 24.1 Å². The van der Waals surface area contributed by atoms with Crippen molar-refractivity contribution in [2.75, 3.05) is 20.6 Å². The summed E-state index contributed by atoms with van der Waals surface area (Å²) in [5.41, 5.74) is 4.20. The summed E-state index contributed by atoms with van der Waals surface area (Å²) in [7, 11) is 4.18. The molecule has 4 heteroatoms. The number of nitrogens with zero attached hydrogens (tertiary/aromatic N) is 1. The van der Waals surface area contributed by atoms with E-state index in [-0.39, 0.29) is 0 Å². The van der Waals surface area contributed by atoms with Gasteiger partial charge in [0.05, 0.1) is 4.21 Å². The molecular formula is C17H19NOS2. The van der Waals surface area contributed by atoms with E-state index >= 15 is 0 Å². The van der Waals surface area contributed by atoms with Crippen LogP contribution in [0.3, 0.4) is 0 Å². The molecule has 1 aliphatic rings. The first-order valence-electron chi connectivity index (χ1n) is 7.03. The molecule has 0 radical (unpaired) electrons. The van der Waals surface area contributed by atoms with Crippen LogP contribution < -0.4 is 0 Å². The summed E-state index contributed by atoms with van der Waals surface area (Å²) in [4.78, 5) is 2.19. The Labute approximate surface area is 134 Å². The average Bonchev–Trinajstić information content (AvgIpc) is 2.87. The number of hydrogen-bond acceptors (Lipinski definition) is 4. The number of aliphatic hydroxyl groups excluding tert-OH is 1. The summed E-state index contributed by atoms with van der Waals surface area (Å²) < 4.78 is 1.20. The fourth-order valence-corrected chi connectivity index (χ4v) is 4.68. The predicted octanol–water partition coefficient (Wildman–Crippen LogP) is 4.23. The van der Waals surface area contributed by atoms with Gasteiger partial charge in [0, 0.05) is 12.1 Å². The number of aliphatic hydroxyl groups is 1. The number of hydrogen-bond donors (Lipinski definition) is 1. The number of rotatable bonds is 3. The van der Waals surface area contributed by atoms with Gasteiger partial charge in [-0.1, -0.05) is 42.1 Å². The highest BCUT2D eigenvalue weighted by Crippen LogP contribution is 2.47. The largest absolute Gasteiger partial charge is 0.378 e. The summed E-state index contributed by atoms with van der Waals surface area (Å²) >= 11 is 3.26. The van der Waals surface area contributed by atoms with Gasteiger partial charge in [0.2, 0.25) is 0 Å². The molecule has 1 unspecified atom stereocenters. The van der Waals surface area contributed by atoms with Gasteiger partial charge in [-0.25, -0.2) is 0 Å². The molecule has 2 heterocycles. The highest BCUT2D eigenvalue weighted by Gasteiger charge is 2.24. The predicted molar refractivity (Wildman–Crippen MR) is 91.8 cm³/mol. The van der Waals surface area contributed by atoms with Gasteiger partial charge in [-0.3, -0.25) is 0 Å². The zero-order chi connectivity index (χ0) is 14.8. The molecule has 0 bridgehead atoms. The first-order chi connectivity index (χ1) is 10.2. The minimum Gasteiger partial charge on any atom is -0.378 e. The summed E-state index contributed by atoms with van der Waals surface area (Å²) in [6.07, 6.45) is 3.32. The minimum atomic E-state index is -0.488. The molecule has 0 saturated heterocycles. The SMILES string of the molecule is CN(C)CC/C=C1\c2ccccc2C(O)Sc2sccc21. The molecule has 1 aromatic heterocycles. The summed E-state index contributed by atoms with van der Waals surface area (Å²) in [6, 6.07) is 10.4. The van der Waals surface area contributed by atoms with E-state index in [2.05, 4.69) is 42.6 Å². The Morgan fingerprint density at radius 2 is 2.00 bits per heavy atom. The van der Waals surface area contributed by atoms with E-state index in [4.69, 9.17) is 0 Å².